The number of nitrogens with zero attached hydrogens (tertiary/aromatic N) is 2. The lowest BCUT2D eigenvalue weighted by Crippen LogP contribution is -2.33. The van der Waals surface area contributed by atoms with Crippen molar-refractivity contribution < 1.29 is 9.32 Å². The minimum atomic E-state index is 0.0457. The predicted molar refractivity (Wildman–Crippen MR) is 69.3 cm³/mol. The van der Waals surface area contributed by atoms with Gasteiger partial charge in [-0.2, -0.15) is 0 Å². The number of benzene rings is 1. The Balaban J connectivity index is 2.07. The average Bonchev–Trinajstić information content (AvgIpc) is 2.79. The highest BCUT2D eigenvalue weighted by molar-refractivity contribution is 5.86. The van der Waals surface area contributed by atoms with E-state index in [2.05, 4.69) is 10.5 Å². The number of hydrogen-bond acceptors (Lipinski definition) is 4. The van der Waals surface area contributed by atoms with E-state index in [1.807, 2.05) is 31.3 Å². The lowest BCUT2D eigenvalue weighted by Gasteiger charge is -2.15. The average molecular weight is 247 g/mol. The number of amides is 1. The van der Waals surface area contributed by atoms with E-state index < -0.39 is 0 Å². The Labute approximate surface area is 106 Å². The molecule has 1 aromatic carbocycles. The van der Waals surface area contributed by atoms with Gasteiger partial charge in [0.25, 0.3) is 0 Å². The number of aromatic nitrogens is 1. The fourth-order valence-corrected chi connectivity index (χ4v) is 1.75. The number of carbonyl (C=O) groups is 1. The second-order valence-electron chi connectivity index (χ2n) is 4.22. The van der Waals surface area contributed by atoms with Crippen molar-refractivity contribution in [2.45, 2.75) is 6.42 Å². The van der Waals surface area contributed by atoms with E-state index in [4.69, 9.17) is 4.52 Å². The van der Waals surface area contributed by atoms with Gasteiger partial charge in [0.1, 0.15) is 5.69 Å². The first-order valence-corrected chi connectivity index (χ1v) is 5.94. The van der Waals surface area contributed by atoms with Crippen LogP contribution in [0.1, 0.15) is 5.69 Å². The number of hydrogen-bond donors (Lipinski definition) is 1. The summed E-state index contributed by atoms with van der Waals surface area (Å²) in [6.07, 6.45) is 0.275. The van der Waals surface area contributed by atoms with Gasteiger partial charge in [-0.3, -0.25) is 4.79 Å². The quantitative estimate of drug-likeness (QED) is 0.858. The van der Waals surface area contributed by atoms with E-state index in [0.717, 1.165) is 17.5 Å². The van der Waals surface area contributed by atoms with E-state index in [0.29, 0.717) is 12.2 Å². The van der Waals surface area contributed by atoms with Gasteiger partial charge in [0.15, 0.2) is 5.58 Å². The fourth-order valence-electron chi connectivity index (χ4n) is 1.75. The highest BCUT2D eigenvalue weighted by Crippen LogP contribution is 2.18. The Morgan fingerprint density at radius 2 is 2.22 bits per heavy atom. The fraction of sp³-hybridized carbons (Fsp3) is 0.385. The van der Waals surface area contributed by atoms with Crippen molar-refractivity contribution >= 4 is 16.9 Å². The predicted octanol–water partition coefficient (Wildman–Crippen LogP) is 1.05. The second kappa shape index (κ2) is 5.64. The first kappa shape index (κ1) is 12.6. The lowest BCUT2D eigenvalue weighted by molar-refractivity contribution is -0.129. The molecule has 96 valence electrons. The Bertz CT molecular complexity index is 536. The molecule has 5 heteroatoms. The zero-order valence-electron chi connectivity index (χ0n) is 10.6. The van der Waals surface area contributed by atoms with Gasteiger partial charge in [-0.1, -0.05) is 17.3 Å². The van der Waals surface area contributed by atoms with Gasteiger partial charge in [-0.05, 0) is 19.2 Å². The molecule has 1 aromatic heterocycles. The molecule has 0 aliphatic heterocycles. The molecular weight excluding hydrogens is 230 g/mol. The molecule has 0 aliphatic carbocycles. The van der Waals surface area contributed by atoms with Crippen LogP contribution >= 0.6 is 0 Å². The van der Waals surface area contributed by atoms with Gasteiger partial charge in [-0.15, -0.1) is 0 Å². The first-order chi connectivity index (χ1) is 8.72. The maximum Gasteiger partial charge on any atom is 0.228 e. The van der Waals surface area contributed by atoms with E-state index >= 15 is 0 Å². The van der Waals surface area contributed by atoms with Crippen LogP contribution in [-0.4, -0.2) is 43.1 Å². The van der Waals surface area contributed by atoms with Crippen molar-refractivity contribution in [2.24, 2.45) is 0 Å². The molecule has 0 saturated heterocycles. The topological polar surface area (TPSA) is 58.4 Å². The maximum atomic E-state index is 12.0. The van der Waals surface area contributed by atoms with E-state index in [-0.39, 0.29) is 12.3 Å². The van der Waals surface area contributed by atoms with Crippen molar-refractivity contribution in [3.8, 4) is 0 Å². The summed E-state index contributed by atoms with van der Waals surface area (Å²) in [6, 6.07) is 7.57. The molecule has 0 atom stereocenters. The number of rotatable bonds is 5. The lowest BCUT2D eigenvalue weighted by atomic mass is 10.1. The van der Waals surface area contributed by atoms with Crippen LogP contribution in [0.25, 0.3) is 11.0 Å². The van der Waals surface area contributed by atoms with E-state index in [1.165, 1.54) is 0 Å². The number of likely N-dealkylation sites (N-methyl/N-ethyl adjacent to an activating group) is 2. The van der Waals surface area contributed by atoms with Crippen LogP contribution < -0.4 is 5.32 Å². The van der Waals surface area contributed by atoms with E-state index in [9.17, 15) is 4.79 Å². The molecule has 0 radical (unpaired) electrons. The normalized spacial score (nSPS) is 10.8. The summed E-state index contributed by atoms with van der Waals surface area (Å²) in [5.41, 5.74) is 1.42. The summed E-state index contributed by atoms with van der Waals surface area (Å²) in [5, 5.41) is 7.88. The summed E-state index contributed by atoms with van der Waals surface area (Å²) < 4.78 is 5.18. The van der Waals surface area contributed by atoms with Crippen LogP contribution in [-0.2, 0) is 11.2 Å². The van der Waals surface area contributed by atoms with Crippen LogP contribution in [0.4, 0.5) is 0 Å². The molecule has 1 amide bonds. The SMILES string of the molecule is CNCCN(C)C(=O)Cc1noc2ccccc12. The van der Waals surface area contributed by atoms with Crippen molar-refractivity contribution in [1.29, 1.82) is 0 Å². The van der Waals surface area contributed by atoms with Gasteiger partial charge in [-0.25, -0.2) is 0 Å². The minimum Gasteiger partial charge on any atom is -0.356 e. The Kier molecular flexibility index (Phi) is 3.94. The molecule has 0 spiro atoms. The van der Waals surface area contributed by atoms with Crippen molar-refractivity contribution in [3.05, 3.63) is 30.0 Å². The maximum absolute atomic E-state index is 12.0. The molecule has 1 N–H and O–H groups in total. The molecule has 2 aromatic rings. The number of carbonyl (C=O) groups excluding carboxylic acids is 1. The van der Waals surface area contributed by atoms with Gasteiger partial charge >= 0.3 is 0 Å². The molecule has 0 saturated carbocycles. The number of fused-ring (bicyclic) bond motifs is 1. The van der Waals surface area contributed by atoms with Crippen molar-refractivity contribution in [2.75, 3.05) is 27.2 Å². The Morgan fingerprint density at radius 1 is 1.44 bits per heavy atom. The second-order valence-corrected chi connectivity index (χ2v) is 4.22. The standard InChI is InChI=1S/C13H17N3O2/c1-14-7-8-16(2)13(17)9-11-10-5-3-4-6-12(10)18-15-11/h3-6,14H,7-9H2,1-2H3. The molecule has 18 heavy (non-hydrogen) atoms. The summed E-state index contributed by atoms with van der Waals surface area (Å²) in [7, 11) is 3.66. The third-order valence-corrected chi connectivity index (χ3v) is 2.89. The molecule has 0 unspecified atom stereocenters. The van der Waals surface area contributed by atoms with Gasteiger partial charge in [0.05, 0.1) is 6.42 Å². The van der Waals surface area contributed by atoms with Crippen LogP contribution in [0, 0.1) is 0 Å². The monoisotopic (exact) mass is 247 g/mol. The zero-order valence-corrected chi connectivity index (χ0v) is 10.6. The highest BCUT2D eigenvalue weighted by Gasteiger charge is 2.14. The minimum absolute atomic E-state index is 0.0457. The Morgan fingerprint density at radius 3 is 3.00 bits per heavy atom. The summed E-state index contributed by atoms with van der Waals surface area (Å²) in [5.74, 6) is 0.0457. The molecule has 5 nitrogen and oxygen atoms in total. The van der Waals surface area contributed by atoms with Crippen LogP contribution in [0.5, 0.6) is 0 Å². The summed E-state index contributed by atoms with van der Waals surface area (Å²) in [6.45, 7) is 1.47. The summed E-state index contributed by atoms with van der Waals surface area (Å²) >= 11 is 0. The van der Waals surface area contributed by atoms with Crippen molar-refractivity contribution in [1.82, 2.24) is 15.4 Å². The first-order valence-electron chi connectivity index (χ1n) is 5.94. The van der Waals surface area contributed by atoms with Gasteiger partial charge < -0.3 is 14.7 Å². The number of para-hydroxylation sites is 1. The van der Waals surface area contributed by atoms with E-state index in [1.54, 1.807) is 11.9 Å². The molecular formula is C13H17N3O2. The molecule has 1 heterocycles. The van der Waals surface area contributed by atoms with Crippen LogP contribution in [0.3, 0.4) is 0 Å². The van der Waals surface area contributed by atoms with Gasteiger partial charge in [0.2, 0.25) is 5.91 Å². The third kappa shape index (κ3) is 2.68. The van der Waals surface area contributed by atoms with Gasteiger partial charge in [0, 0.05) is 25.5 Å². The molecule has 0 bridgehead atoms. The smallest absolute Gasteiger partial charge is 0.228 e. The molecule has 0 fully saturated rings. The highest BCUT2D eigenvalue weighted by atomic mass is 16.5. The molecule has 0 aliphatic rings. The van der Waals surface area contributed by atoms with Crippen LogP contribution in [0.2, 0.25) is 0 Å². The third-order valence-electron chi connectivity index (χ3n) is 2.89. The van der Waals surface area contributed by atoms with Crippen LogP contribution in [0.15, 0.2) is 28.8 Å². The van der Waals surface area contributed by atoms with Crippen molar-refractivity contribution in [3.63, 3.8) is 0 Å². The summed E-state index contributed by atoms with van der Waals surface area (Å²) in [4.78, 5) is 13.7. The largest absolute Gasteiger partial charge is 0.356 e. The zero-order chi connectivity index (χ0) is 13.0. The molecule has 2 rings (SSSR count). The Hall–Kier alpha value is -1.88. The number of nitrogens with one attached hydrogen (secondary N) is 1.